The highest BCUT2D eigenvalue weighted by atomic mass is 32.2. The van der Waals surface area contributed by atoms with E-state index in [4.69, 9.17) is 4.74 Å². The summed E-state index contributed by atoms with van der Waals surface area (Å²) in [6.45, 7) is -0.940. The average molecular weight is 453 g/mol. The first-order chi connectivity index (χ1) is 15.5. The first-order valence-corrected chi connectivity index (χ1v) is 11.5. The molecule has 2 atom stereocenters. The first kappa shape index (κ1) is 22.1. The van der Waals surface area contributed by atoms with E-state index in [1.807, 2.05) is 42.5 Å². The van der Waals surface area contributed by atoms with Crippen LogP contribution in [0.25, 0.3) is 0 Å². The number of ether oxygens (including phenoxy) is 1. The molecule has 2 aliphatic rings. The standard InChI is InChI=1S/C24H24N2O5S/c27-21(25-19-12-6-7-13-20(19)32-16-8-2-1-3-9-16)15-31-22(28)14-26-23(29)17-10-4-5-11-18(17)24(26)30/h1-3,6-9,12-13,17-18H,4-5,10-11,14-15H2,(H,25,27). The van der Waals surface area contributed by atoms with Crippen molar-refractivity contribution < 1.29 is 23.9 Å². The summed E-state index contributed by atoms with van der Waals surface area (Å²) in [5, 5.41) is 2.75. The molecule has 1 aliphatic carbocycles. The summed E-state index contributed by atoms with van der Waals surface area (Å²) in [6, 6.07) is 17.1. The molecule has 3 amide bonds. The number of anilines is 1. The number of para-hydroxylation sites is 1. The van der Waals surface area contributed by atoms with Crippen LogP contribution in [0.15, 0.2) is 64.4 Å². The molecule has 0 spiro atoms. The molecule has 1 saturated carbocycles. The van der Waals surface area contributed by atoms with Crippen molar-refractivity contribution in [3.63, 3.8) is 0 Å². The van der Waals surface area contributed by atoms with E-state index in [0.717, 1.165) is 27.5 Å². The monoisotopic (exact) mass is 452 g/mol. The molecule has 8 heteroatoms. The van der Waals surface area contributed by atoms with Crippen LogP contribution >= 0.6 is 11.8 Å². The largest absolute Gasteiger partial charge is 0.454 e. The number of amides is 3. The first-order valence-electron chi connectivity index (χ1n) is 10.7. The third-order valence-electron chi connectivity index (χ3n) is 5.72. The fourth-order valence-corrected chi connectivity index (χ4v) is 5.09. The van der Waals surface area contributed by atoms with Crippen molar-refractivity contribution in [3.8, 4) is 0 Å². The molecule has 2 aromatic carbocycles. The number of imide groups is 1. The molecule has 2 fully saturated rings. The fourth-order valence-electron chi connectivity index (χ4n) is 4.17. The van der Waals surface area contributed by atoms with Crippen molar-refractivity contribution in [2.45, 2.75) is 35.5 Å². The van der Waals surface area contributed by atoms with E-state index >= 15 is 0 Å². The number of hydrogen-bond acceptors (Lipinski definition) is 6. The Morgan fingerprint density at radius 2 is 1.56 bits per heavy atom. The molecule has 7 nitrogen and oxygen atoms in total. The van der Waals surface area contributed by atoms with E-state index in [-0.39, 0.29) is 23.7 Å². The molecule has 1 N–H and O–H groups in total. The van der Waals surface area contributed by atoms with Crippen molar-refractivity contribution in [2.75, 3.05) is 18.5 Å². The zero-order chi connectivity index (χ0) is 22.5. The maximum absolute atomic E-state index is 12.5. The van der Waals surface area contributed by atoms with Crippen molar-refractivity contribution >= 4 is 41.1 Å². The summed E-state index contributed by atoms with van der Waals surface area (Å²) >= 11 is 1.51. The predicted molar refractivity (Wildman–Crippen MR) is 119 cm³/mol. The van der Waals surface area contributed by atoms with Gasteiger partial charge in [-0.2, -0.15) is 0 Å². The normalized spacial score (nSPS) is 20.1. The van der Waals surface area contributed by atoms with E-state index in [9.17, 15) is 19.2 Å². The van der Waals surface area contributed by atoms with Crippen LogP contribution in [0.2, 0.25) is 0 Å². The summed E-state index contributed by atoms with van der Waals surface area (Å²) in [6.07, 6.45) is 3.21. The Kier molecular flexibility index (Phi) is 6.90. The van der Waals surface area contributed by atoms with Crippen LogP contribution < -0.4 is 5.32 Å². The van der Waals surface area contributed by atoms with Gasteiger partial charge in [0.25, 0.3) is 5.91 Å². The maximum atomic E-state index is 12.5. The molecule has 0 aromatic heterocycles. The van der Waals surface area contributed by atoms with Gasteiger partial charge < -0.3 is 10.1 Å². The lowest BCUT2D eigenvalue weighted by molar-refractivity contribution is -0.154. The third-order valence-corrected chi connectivity index (χ3v) is 6.80. The quantitative estimate of drug-likeness (QED) is 0.511. The highest BCUT2D eigenvalue weighted by Crippen LogP contribution is 2.38. The number of benzene rings is 2. The van der Waals surface area contributed by atoms with Crippen LogP contribution in [0.4, 0.5) is 5.69 Å². The van der Waals surface area contributed by atoms with Gasteiger partial charge in [0.2, 0.25) is 11.8 Å². The number of nitrogens with one attached hydrogen (secondary N) is 1. The minimum Gasteiger partial charge on any atom is -0.454 e. The zero-order valence-electron chi connectivity index (χ0n) is 17.5. The minimum absolute atomic E-state index is 0.298. The number of esters is 1. The molecular weight excluding hydrogens is 428 g/mol. The lowest BCUT2D eigenvalue weighted by Crippen LogP contribution is -2.37. The van der Waals surface area contributed by atoms with Crippen LogP contribution in [0.1, 0.15) is 25.7 Å². The van der Waals surface area contributed by atoms with Crippen molar-refractivity contribution in [3.05, 3.63) is 54.6 Å². The Labute approximate surface area is 190 Å². The lowest BCUT2D eigenvalue weighted by Gasteiger charge is -2.19. The predicted octanol–water partition coefficient (Wildman–Crippen LogP) is 3.49. The minimum atomic E-state index is -0.771. The van der Waals surface area contributed by atoms with Crippen LogP contribution in [0, 0.1) is 11.8 Å². The molecule has 4 rings (SSSR count). The summed E-state index contributed by atoms with van der Waals surface area (Å²) in [5.74, 6) is -2.49. The molecule has 0 bridgehead atoms. The van der Waals surface area contributed by atoms with Crippen LogP contribution in [-0.2, 0) is 23.9 Å². The SMILES string of the molecule is O=C(COC(=O)CN1C(=O)C2CCCCC2C1=O)Nc1ccccc1Sc1ccccc1. The van der Waals surface area contributed by atoms with Crippen LogP contribution in [0.3, 0.4) is 0 Å². The Balaban J connectivity index is 1.30. The summed E-state index contributed by atoms with van der Waals surface area (Å²) in [5.41, 5.74) is 0.608. The number of hydrogen-bond donors (Lipinski definition) is 1. The van der Waals surface area contributed by atoms with Crippen LogP contribution in [-0.4, -0.2) is 41.7 Å². The van der Waals surface area contributed by atoms with Gasteiger partial charge in [-0.1, -0.05) is 54.9 Å². The molecule has 2 unspecified atom stereocenters. The van der Waals surface area contributed by atoms with Gasteiger partial charge in [0, 0.05) is 9.79 Å². The van der Waals surface area contributed by atoms with Crippen LogP contribution in [0.5, 0.6) is 0 Å². The third kappa shape index (κ3) is 5.02. The fraction of sp³-hybridized carbons (Fsp3) is 0.333. The van der Waals surface area contributed by atoms with Gasteiger partial charge in [-0.25, -0.2) is 0 Å². The number of nitrogens with zero attached hydrogens (tertiary/aromatic N) is 1. The molecule has 1 saturated heterocycles. The van der Waals surface area contributed by atoms with Gasteiger partial charge in [0.1, 0.15) is 6.54 Å². The van der Waals surface area contributed by atoms with Gasteiger partial charge >= 0.3 is 5.97 Å². The van der Waals surface area contributed by atoms with Gasteiger partial charge in [0.05, 0.1) is 17.5 Å². The summed E-state index contributed by atoms with van der Waals surface area (Å²) < 4.78 is 5.04. The van der Waals surface area contributed by atoms with E-state index in [2.05, 4.69) is 5.32 Å². The molecule has 0 radical (unpaired) electrons. The summed E-state index contributed by atoms with van der Waals surface area (Å²) in [7, 11) is 0. The second-order valence-electron chi connectivity index (χ2n) is 7.88. The Bertz CT molecular complexity index is 1000. The smallest absolute Gasteiger partial charge is 0.326 e. The molecule has 166 valence electrons. The Morgan fingerprint density at radius 1 is 0.938 bits per heavy atom. The number of likely N-dealkylation sites (tertiary alicyclic amines) is 1. The Hall–Kier alpha value is -3.13. The highest BCUT2D eigenvalue weighted by Gasteiger charge is 2.48. The maximum Gasteiger partial charge on any atom is 0.326 e. The van der Waals surface area contributed by atoms with Crippen molar-refractivity contribution in [1.29, 1.82) is 0 Å². The second-order valence-corrected chi connectivity index (χ2v) is 9.00. The van der Waals surface area contributed by atoms with Gasteiger partial charge in [0.15, 0.2) is 6.61 Å². The topological polar surface area (TPSA) is 92.8 Å². The molecule has 32 heavy (non-hydrogen) atoms. The second kappa shape index (κ2) is 9.99. The molecule has 1 heterocycles. The van der Waals surface area contributed by atoms with Gasteiger partial charge in [-0.05, 0) is 37.1 Å². The average Bonchev–Trinajstić information content (AvgIpc) is 3.05. The van der Waals surface area contributed by atoms with Crippen molar-refractivity contribution in [2.24, 2.45) is 11.8 Å². The Morgan fingerprint density at radius 3 is 2.25 bits per heavy atom. The number of carbonyl (C=O) groups is 4. The van der Waals surface area contributed by atoms with Gasteiger partial charge in [-0.15, -0.1) is 0 Å². The number of carbonyl (C=O) groups excluding carboxylic acids is 4. The number of fused-ring (bicyclic) bond motifs is 1. The molecular formula is C24H24N2O5S. The van der Waals surface area contributed by atoms with E-state index in [1.54, 1.807) is 12.1 Å². The van der Waals surface area contributed by atoms with E-state index in [0.29, 0.717) is 18.5 Å². The highest BCUT2D eigenvalue weighted by molar-refractivity contribution is 7.99. The van der Waals surface area contributed by atoms with E-state index in [1.165, 1.54) is 11.8 Å². The molecule has 1 aliphatic heterocycles. The van der Waals surface area contributed by atoms with E-state index < -0.39 is 25.0 Å². The van der Waals surface area contributed by atoms with Gasteiger partial charge in [-0.3, -0.25) is 24.1 Å². The molecule has 2 aromatic rings. The summed E-state index contributed by atoms with van der Waals surface area (Å²) in [4.78, 5) is 52.4. The lowest BCUT2D eigenvalue weighted by atomic mass is 9.81. The van der Waals surface area contributed by atoms with Crippen molar-refractivity contribution in [1.82, 2.24) is 4.90 Å². The zero-order valence-corrected chi connectivity index (χ0v) is 18.3. The number of rotatable bonds is 7.